The van der Waals surface area contributed by atoms with Gasteiger partial charge in [-0.25, -0.2) is 0 Å². The first-order chi connectivity index (χ1) is 7.72. The van der Waals surface area contributed by atoms with E-state index in [9.17, 15) is 0 Å². The van der Waals surface area contributed by atoms with Crippen molar-refractivity contribution in [1.29, 1.82) is 0 Å². The summed E-state index contributed by atoms with van der Waals surface area (Å²) in [6.45, 7) is 1.73. The second kappa shape index (κ2) is 4.88. The summed E-state index contributed by atoms with van der Waals surface area (Å²) >= 11 is 1.36. The number of nitrogen functional groups attached to an aromatic ring is 1. The summed E-state index contributed by atoms with van der Waals surface area (Å²) in [5.74, 6) is 1.13. The first kappa shape index (κ1) is 11.5. The Balaban J connectivity index is 2.04. The lowest BCUT2D eigenvalue weighted by molar-refractivity contribution is 0.116. The standard InChI is InChI=1S/C10H17N3O2S/c1-13(6-7-4-3-5-15-7)10-8(14-2)9(11)12-16-10/h7H,3-6H2,1-2H3,(H2,11,12). The Labute approximate surface area is 99.3 Å². The van der Waals surface area contributed by atoms with Crippen LogP contribution in [0.3, 0.4) is 0 Å². The van der Waals surface area contributed by atoms with Gasteiger partial charge in [-0.3, -0.25) is 0 Å². The molecule has 90 valence electrons. The summed E-state index contributed by atoms with van der Waals surface area (Å²) < 4.78 is 14.9. The molecule has 0 bridgehead atoms. The molecule has 0 aromatic carbocycles. The molecule has 1 aromatic heterocycles. The molecule has 0 amide bonds. The van der Waals surface area contributed by atoms with E-state index >= 15 is 0 Å². The van der Waals surface area contributed by atoms with Gasteiger partial charge < -0.3 is 20.1 Å². The summed E-state index contributed by atoms with van der Waals surface area (Å²) in [5.41, 5.74) is 5.71. The molecule has 1 atom stereocenters. The number of aromatic nitrogens is 1. The van der Waals surface area contributed by atoms with Crippen molar-refractivity contribution < 1.29 is 9.47 Å². The largest absolute Gasteiger partial charge is 0.490 e. The van der Waals surface area contributed by atoms with Gasteiger partial charge in [0.2, 0.25) is 0 Å². The van der Waals surface area contributed by atoms with Gasteiger partial charge in [-0.2, -0.15) is 4.37 Å². The highest BCUT2D eigenvalue weighted by Crippen LogP contribution is 2.37. The van der Waals surface area contributed by atoms with Crippen LogP contribution in [-0.4, -0.2) is 37.8 Å². The van der Waals surface area contributed by atoms with Crippen molar-refractivity contribution in [3.8, 4) is 5.75 Å². The van der Waals surface area contributed by atoms with E-state index < -0.39 is 0 Å². The van der Waals surface area contributed by atoms with E-state index in [-0.39, 0.29) is 0 Å². The van der Waals surface area contributed by atoms with E-state index in [4.69, 9.17) is 15.2 Å². The summed E-state index contributed by atoms with van der Waals surface area (Å²) in [6.07, 6.45) is 2.60. The first-order valence-electron chi connectivity index (χ1n) is 5.34. The minimum absolute atomic E-state index is 0.318. The molecule has 1 saturated heterocycles. The SMILES string of the molecule is COc1c(N)nsc1N(C)CC1CCCO1. The fourth-order valence-corrected chi connectivity index (χ4v) is 2.65. The van der Waals surface area contributed by atoms with E-state index in [1.54, 1.807) is 7.11 Å². The van der Waals surface area contributed by atoms with Gasteiger partial charge in [0.25, 0.3) is 0 Å². The third-order valence-corrected chi connectivity index (χ3v) is 3.67. The fourth-order valence-electron chi connectivity index (χ4n) is 1.90. The molecular formula is C10H17N3O2S. The average molecular weight is 243 g/mol. The van der Waals surface area contributed by atoms with Crippen LogP contribution in [0.4, 0.5) is 10.8 Å². The Morgan fingerprint density at radius 1 is 1.69 bits per heavy atom. The molecule has 2 heterocycles. The van der Waals surface area contributed by atoms with Crippen molar-refractivity contribution in [1.82, 2.24) is 4.37 Å². The van der Waals surface area contributed by atoms with Gasteiger partial charge in [0, 0.05) is 20.2 Å². The molecule has 5 nitrogen and oxygen atoms in total. The molecule has 1 aliphatic rings. The summed E-state index contributed by atoms with van der Waals surface area (Å²) in [5, 5.41) is 0.968. The van der Waals surface area contributed by atoms with Crippen LogP contribution in [0.1, 0.15) is 12.8 Å². The zero-order valence-corrected chi connectivity index (χ0v) is 10.4. The first-order valence-corrected chi connectivity index (χ1v) is 6.11. The molecule has 16 heavy (non-hydrogen) atoms. The summed E-state index contributed by atoms with van der Waals surface area (Å²) in [4.78, 5) is 2.10. The molecule has 2 rings (SSSR count). The van der Waals surface area contributed by atoms with Gasteiger partial charge in [-0.1, -0.05) is 0 Å². The minimum atomic E-state index is 0.318. The predicted octanol–water partition coefficient (Wildman–Crippen LogP) is 1.35. The highest BCUT2D eigenvalue weighted by atomic mass is 32.1. The number of nitrogens with zero attached hydrogens (tertiary/aromatic N) is 2. The molecule has 0 spiro atoms. The van der Waals surface area contributed by atoms with Crippen LogP contribution in [-0.2, 0) is 4.74 Å². The van der Waals surface area contributed by atoms with E-state index in [0.717, 1.165) is 31.0 Å². The van der Waals surface area contributed by atoms with Crippen molar-refractivity contribution in [2.75, 3.05) is 37.9 Å². The third-order valence-electron chi connectivity index (χ3n) is 2.71. The topological polar surface area (TPSA) is 60.6 Å². The Bertz CT molecular complexity index is 350. The van der Waals surface area contributed by atoms with Crippen LogP contribution in [0, 0.1) is 0 Å². The number of ether oxygens (including phenoxy) is 2. The van der Waals surface area contributed by atoms with Crippen molar-refractivity contribution in [3.63, 3.8) is 0 Å². The van der Waals surface area contributed by atoms with Crippen LogP contribution >= 0.6 is 11.5 Å². The number of methoxy groups -OCH3 is 1. The molecule has 0 saturated carbocycles. The molecule has 1 fully saturated rings. The van der Waals surface area contributed by atoms with Gasteiger partial charge in [0.15, 0.2) is 16.6 Å². The molecule has 0 radical (unpaired) electrons. The van der Waals surface area contributed by atoms with Crippen LogP contribution in [0.25, 0.3) is 0 Å². The highest BCUT2D eigenvalue weighted by Gasteiger charge is 2.21. The molecular weight excluding hydrogens is 226 g/mol. The van der Waals surface area contributed by atoms with E-state index in [0.29, 0.717) is 17.7 Å². The molecule has 2 N–H and O–H groups in total. The monoisotopic (exact) mass is 243 g/mol. The zero-order valence-electron chi connectivity index (χ0n) is 9.60. The fraction of sp³-hybridized carbons (Fsp3) is 0.700. The maximum absolute atomic E-state index is 5.71. The Kier molecular flexibility index (Phi) is 3.50. The number of hydrogen-bond acceptors (Lipinski definition) is 6. The Hall–Kier alpha value is -1.01. The molecule has 1 unspecified atom stereocenters. The number of anilines is 2. The number of nitrogens with two attached hydrogens (primary N) is 1. The van der Waals surface area contributed by atoms with Crippen LogP contribution in [0.5, 0.6) is 5.75 Å². The minimum Gasteiger partial charge on any atom is -0.490 e. The highest BCUT2D eigenvalue weighted by molar-refractivity contribution is 7.11. The van der Waals surface area contributed by atoms with Crippen molar-refractivity contribution in [2.45, 2.75) is 18.9 Å². The molecule has 6 heteroatoms. The second-order valence-corrected chi connectivity index (χ2v) is 4.67. The van der Waals surface area contributed by atoms with Gasteiger partial charge in [0.05, 0.1) is 13.2 Å². The van der Waals surface area contributed by atoms with Gasteiger partial charge in [-0.05, 0) is 24.4 Å². The predicted molar refractivity (Wildman–Crippen MR) is 65.3 cm³/mol. The summed E-state index contributed by atoms with van der Waals surface area (Å²) in [7, 11) is 3.63. The van der Waals surface area contributed by atoms with E-state index in [1.165, 1.54) is 11.5 Å². The molecule has 1 aliphatic heterocycles. The van der Waals surface area contributed by atoms with Crippen LogP contribution < -0.4 is 15.4 Å². The van der Waals surface area contributed by atoms with E-state index in [1.807, 2.05) is 7.05 Å². The second-order valence-electron chi connectivity index (χ2n) is 3.92. The Morgan fingerprint density at radius 2 is 2.50 bits per heavy atom. The average Bonchev–Trinajstić information content (AvgIpc) is 2.87. The maximum Gasteiger partial charge on any atom is 0.197 e. The number of rotatable bonds is 4. The third kappa shape index (κ3) is 2.22. The van der Waals surface area contributed by atoms with E-state index in [2.05, 4.69) is 9.27 Å². The van der Waals surface area contributed by atoms with Crippen LogP contribution in [0.15, 0.2) is 0 Å². The molecule has 0 aliphatic carbocycles. The van der Waals surface area contributed by atoms with Crippen LogP contribution in [0.2, 0.25) is 0 Å². The summed E-state index contributed by atoms with van der Waals surface area (Å²) in [6, 6.07) is 0. The van der Waals surface area contributed by atoms with Crippen molar-refractivity contribution in [3.05, 3.63) is 0 Å². The number of hydrogen-bond donors (Lipinski definition) is 1. The van der Waals surface area contributed by atoms with Gasteiger partial charge >= 0.3 is 0 Å². The van der Waals surface area contributed by atoms with Gasteiger partial charge in [0.1, 0.15) is 0 Å². The van der Waals surface area contributed by atoms with Crippen molar-refractivity contribution >= 4 is 22.4 Å². The lowest BCUT2D eigenvalue weighted by Crippen LogP contribution is -2.28. The smallest absolute Gasteiger partial charge is 0.197 e. The van der Waals surface area contributed by atoms with Gasteiger partial charge in [-0.15, -0.1) is 0 Å². The Morgan fingerprint density at radius 3 is 3.12 bits per heavy atom. The maximum atomic E-state index is 5.71. The lowest BCUT2D eigenvalue weighted by Gasteiger charge is -2.21. The number of likely N-dealkylation sites (N-methyl/N-ethyl adjacent to an activating group) is 1. The zero-order chi connectivity index (χ0) is 11.5. The molecule has 1 aromatic rings. The van der Waals surface area contributed by atoms with Crippen molar-refractivity contribution in [2.24, 2.45) is 0 Å². The quantitative estimate of drug-likeness (QED) is 0.865. The lowest BCUT2D eigenvalue weighted by atomic mass is 10.2. The normalized spacial score (nSPS) is 20.0.